The predicted molar refractivity (Wildman–Crippen MR) is 80.8 cm³/mol. The van der Waals surface area contributed by atoms with Gasteiger partial charge in [-0.2, -0.15) is 0 Å². The Morgan fingerprint density at radius 1 is 1.05 bits per heavy atom. The van der Waals surface area contributed by atoms with Crippen molar-refractivity contribution in [1.82, 2.24) is 0 Å². The van der Waals surface area contributed by atoms with E-state index in [1.807, 2.05) is 0 Å². The number of hydrogen-bond donors (Lipinski definition) is 0. The minimum absolute atomic E-state index is 0.515. The quantitative estimate of drug-likeness (QED) is 0.502. The van der Waals surface area contributed by atoms with E-state index in [2.05, 4.69) is 32.1 Å². The van der Waals surface area contributed by atoms with Crippen molar-refractivity contribution in [2.75, 3.05) is 0 Å². The van der Waals surface area contributed by atoms with Gasteiger partial charge in [0.05, 0.1) is 0 Å². The van der Waals surface area contributed by atoms with Gasteiger partial charge in [0.2, 0.25) is 0 Å². The van der Waals surface area contributed by atoms with Crippen LogP contribution in [0.2, 0.25) is 0 Å². The van der Waals surface area contributed by atoms with Crippen molar-refractivity contribution < 1.29 is 0 Å². The fraction of sp³-hybridized carbons (Fsp3) is 0.789. The van der Waals surface area contributed by atoms with Crippen LogP contribution < -0.4 is 0 Å². The predicted octanol–water partition coefficient (Wildman–Crippen LogP) is 5.51. The molecule has 104 valence electrons. The second-order valence-corrected chi connectivity index (χ2v) is 8.22. The summed E-state index contributed by atoms with van der Waals surface area (Å²) in [7, 11) is 0. The first-order valence-corrected chi connectivity index (χ1v) is 8.48. The smallest absolute Gasteiger partial charge is 0.00478 e. The Morgan fingerprint density at radius 3 is 2.84 bits per heavy atom. The molecule has 4 rings (SSSR count). The van der Waals surface area contributed by atoms with Crippen LogP contribution in [0.1, 0.15) is 65.2 Å². The van der Waals surface area contributed by atoms with Crippen LogP contribution in [0, 0.1) is 28.6 Å². The van der Waals surface area contributed by atoms with Gasteiger partial charge < -0.3 is 0 Å². The largest absolute Gasteiger partial charge is 0.0873 e. The number of allylic oxidation sites excluding steroid dienone is 4. The zero-order valence-corrected chi connectivity index (χ0v) is 12.6. The van der Waals surface area contributed by atoms with Crippen LogP contribution in [0.3, 0.4) is 0 Å². The Balaban J connectivity index is 1.71. The maximum Gasteiger partial charge on any atom is -0.00478 e. The van der Waals surface area contributed by atoms with Gasteiger partial charge in [-0.1, -0.05) is 44.1 Å². The van der Waals surface area contributed by atoms with Gasteiger partial charge in [-0.25, -0.2) is 0 Å². The monoisotopic (exact) mass is 256 g/mol. The second kappa shape index (κ2) is 3.99. The van der Waals surface area contributed by atoms with E-state index in [-0.39, 0.29) is 0 Å². The van der Waals surface area contributed by atoms with E-state index in [4.69, 9.17) is 0 Å². The molecule has 0 N–H and O–H groups in total. The molecule has 0 spiro atoms. The lowest BCUT2D eigenvalue weighted by Gasteiger charge is -2.56. The van der Waals surface area contributed by atoms with Crippen molar-refractivity contribution in [1.29, 1.82) is 0 Å². The molecule has 2 fully saturated rings. The minimum atomic E-state index is 0.515. The second-order valence-electron chi connectivity index (χ2n) is 8.22. The summed E-state index contributed by atoms with van der Waals surface area (Å²) < 4.78 is 0. The molecule has 0 aromatic rings. The summed E-state index contributed by atoms with van der Waals surface area (Å²) in [5, 5.41) is 0. The highest BCUT2D eigenvalue weighted by Crippen LogP contribution is 2.64. The topological polar surface area (TPSA) is 0 Å². The van der Waals surface area contributed by atoms with Crippen molar-refractivity contribution in [3.63, 3.8) is 0 Å². The summed E-state index contributed by atoms with van der Waals surface area (Å²) in [4.78, 5) is 0. The SMILES string of the molecule is C[C@@]12CCC[C@H]1[C@@H]1CC=C3CC=CC[C@]3(C)[C@H]1CC2. The summed E-state index contributed by atoms with van der Waals surface area (Å²) in [6, 6.07) is 0. The van der Waals surface area contributed by atoms with Crippen LogP contribution in [-0.4, -0.2) is 0 Å². The average molecular weight is 256 g/mol. The molecule has 19 heavy (non-hydrogen) atoms. The molecule has 0 radical (unpaired) electrons. The van der Waals surface area contributed by atoms with Gasteiger partial charge in [-0.3, -0.25) is 0 Å². The molecule has 0 amide bonds. The molecule has 0 aromatic heterocycles. The van der Waals surface area contributed by atoms with Crippen LogP contribution in [-0.2, 0) is 0 Å². The Morgan fingerprint density at radius 2 is 1.95 bits per heavy atom. The molecule has 0 heterocycles. The van der Waals surface area contributed by atoms with Gasteiger partial charge in [0.1, 0.15) is 0 Å². The van der Waals surface area contributed by atoms with Gasteiger partial charge in [0, 0.05) is 0 Å². The lowest BCUT2D eigenvalue weighted by Crippen LogP contribution is -2.47. The minimum Gasteiger partial charge on any atom is -0.0873 e. The molecule has 4 aliphatic rings. The van der Waals surface area contributed by atoms with E-state index in [1.54, 1.807) is 5.57 Å². The third-order valence-electron chi connectivity index (χ3n) is 7.45. The van der Waals surface area contributed by atoms with Crippen molar-refractivity contribution in [3.05, 3.63) is 23.8 Å². The van der Waals surface area contributed by atoms with E-state index >= 15 is 0 Å². The maximum atomic E-state index is 2.65. The zero-order chi connectivity index (χ0) is 13.1. The molecule has 5 atom stereocenters. The van der Waals surface area contributed by atoms with Gasteiger partial charge in [-0.05, 0) is 73.5 Å². The molecule has 2 saturated carbocycles. The van der Waals surface area contributed by atoms with Crippen molar-refractivity contribution in [3.8, 4) is 0 Å². The van der Waals surface area contributed by atoms with E-state index in [0.717, 1.165) is 17.8 Å². The first-order chi connectivity index (χ1) is 9.13. The van der Waals surface area contributed by atoms with E-state index in [0.29, 0.717) is 10.8 Å². The Labute approximate surface area is 118 Å². The van der Waals surface area contributed by atoms with Gasteiger partial charge in [0.25, 0.3) is 0 Å². The lowest BCUT2D eigenvalue weighted by atomic mass is 9.49. The Bertz CT molecular complexity index is 443. The van der Waals surface area contributed by atoms with Crippen LogP contribution in [0.5, 0.6) is 0 Å². The highest BCUT2D eigenvalue weighted by atomic mass is 14.6. The average Bonchev–Trinajstić information content (AvgIpc) is 2.79. The van der Waals surface area contributed by atoms with Crippen LogP contribution in [0.25, 0.3) is 0 Å². The third-order valence-corrected chi connectivity index (χ3v) is 7.45. The fourth-order valence-corrected chi connectivity index (χ4v) is 6.29. The molecule has 0 heteroatoms. The molecule has 0 bridgehead atoms. The maximum absolute atomic E-state index is 2.65. The molecular weight excluding hydrogens is 228 g/mol. The Kier molecular flexibility index (Phi) is 2.57. The molecule has 4 aliphatic carbocycles. The van der Waals surface area contributed by atoms with Crippen LogP contribution in [0.4, 0.5) is 0 Å². The highest BCUT2D eigenvalue weighted by molar-refractivity contribution is 5.28. The standard InChI is InChI=1S/C19H28/c1-18-11-5-7-16(18)15-9-8-14-6-3-4-12-19(14,2)17(15)10-13-18/h3-4,8,15-17H,5-7,9-13H2,1-2H3/t15-,16-,17-,18-,19-/m0/s1. The fourth-order valence-electron chi connectivity index (χ4n) is 6.29. The first-order valence-electron chi connectivity index (χ1n) is 8.48. The number of fused-ring (bicyclic) bond motifs is 5. The third kappa shape index (κ3) is 1.58. The van der Waals surface area contributed by atoms with Crippen LogP contribution >= 0.6 is 0 Å². The molecule has 0 nitrogen and oxygen atoms in total. The van der Waals surface area contributed by atoms with Gasteiger partial charge in [-0.15, -0.1) is 0 Å². The van der Waals surface area contributed by atoms with E-state index in [1.165, 1.54) is 51.4 Å². The molecule has 0 aliphatic heterocycles. The van der Waals surface area contributed by atoms with Gasteiger partial charge in [0.15, 0.2) is 0 Å². The molecular formula is C19H28. The van der Waals surface area contributed by atoms with E-state index in [9.17, 15) is 0 Å². The van der Waals surface area contributed by atoms with Crippen molar-refractivity contribution in [2.24, 2.45) is 28.6 Å². The first kappa shape index (κ1) is 12.2. The summed E-state index contributed by atoms with van der Waals surface area (Å²) in [5.41, 5.74) is 2.99. The van der Waals surface area contributed by atoms with Crippen molar-refractivity contribution >= 4 is 0 Å². The summed E-state index contributed by atoms with van der Waals surface area (Å²) >= 11 is 0. The van der Waals surface area contributed by atoms with Crippen LogP contribution in [0.15, 0.2) is 23.8 Å². The van der Waals surface area contributed by atoms with Gasteiger partial charge >= 0.3 is 0 Å². The Hall–Kier alpha value is -0.520. The van der Waals surface area contributed by atoms with Crippen molar-refractivity contribution in [2.45, 2.75) is 65.2 Å². The molecule has 0 aromatic carbocycles. The molecule has 0 saturated heterocycles. The van der Waals surface area contributed by atoms with E-state index < -0.39 is 0 Å². The number of rotatable bonds is 0. The lowest BCUT2D eigenvalue weighted by molar-refractivity contribution is -0.0166. The molecule has 0 unspecified atom stereocenters. The summed E-state index contributed by atoms with van der Waals surface area (Å²) in [6.07, 6.45) is 19.0. The summed E-state index contributed by atoms with van der Waals surface area (Å²) in [5.74, 6) is 3.02. The summed E-state index contributed by atoms with van der Waals surface area (Å²) in [6.45, 7) is 5.18. The zero-order valence-electron chi connectivity index (χ0n) is 12.6. The normalized spacial score (nSPS) is 52.1. The number of hydrogen-bond acceptors (Lipinski definition) is 0. The highest BCUT2D eigenvalue weighted by Gasteiger charge is 2.54.